The van der Waals surface area contributed by atoms with E-state index in [0.29, 0.717) is 11.4 Å². The molecule has 0 saturated carbocycles. The number of anilines is 1. The molecule has 21 heavy (non-hydrogen) atoms. The van der Waals surface area contributed by atoms with E-state index < -0.39 is 23.9 Å². The normalized spacial score (nSPS) is 14.3. The lowest BCUT2D eigenvalue weighted by Gasteiger charge is -2.21. The van der Waals surface area contributed by atoms with Gasteiger partial charge >= 0.3 is 6.09 Å². The lowest BCUT2D eigenvalue weighted by molar-refractivity contribution is 0.00997. The summed E-state index contributed by atoms with van der Waals surface area (Å²) in [6.45, 7) is 5.46. The molecular formula is C14H23N3O4. The Labute approximate surface area is 124 Å². The third-order valence-electron chi connectivity index (χ3n) is 2.58. The topological polar surface area (TPSA) is 118 Å². The van der Waals surface area contributed by atoms with Crippen molar-refractivity contribution in [3.05, 3.63) is 24.0 Å². The summed E-state index contributed by atoms with van der Waals surface area (Å²) in [7, 11) is 0. The van der Waals surface area contributed by atoms with Crippen LogP contribution >= 0.6 is 0 Å². The molecular weight excluding hydrogens is 274 g/mol. The van der Waals surface area contributed by atoms with Gasteiger partial charge in [-0.25, -0.2) is 4.79 Å². The minimum atomic E-state index is -1.16. The average Bonchev–Trinajstić information content (AvgIpc) is 2.35. The molecule has 0 fully saturated rings. The molecule has 118 valence electrons. The molecule has 0 aliphatic heterocycles. The van der Waals surface area contributed by atoms with E-state index >= 15 is 0 Å². The van der Waals surface area contributed by atoms with Crippen molar-refractivity contribution in [3.63, 3.8) is 0 Å². The lowest BCUT2D eigenvalue weighted by Crippen LogP contribution is -2.34. The Morgan fingerprint density at radius 2 is 2.14 bits per heavy atom. The molecule has 7 nitrogen and oxygen atoms in total. The molecule has 1 aromatic rings. The molecule has 1 heterocycles. The van der Waals surface area contributed by atoms with Crippen molar-refractivity contribution in [2.45, 2.75) is 45.0 Å². The molecule has 0 bridgehead atoms. The van der Waals surface area contributed by atoms with Crippen LogP contribution in [-0.2, 0) is 4.74 Å². The number of hydrogen-bond acceptors (Lipinski definition) is 6. The van der Waals surface area contributed by atoms with Crippen molar-refractivity contribution in [2.24, 2.45) is 0 Å². The monoisotopic (exact) mass is 297 g/mol. The molecule has 1 amide bonds. The van der Waals surface area contributed by atoms with Crippen molar-refractivity contribution in [3.8, 4) is 0 Å². The van der Waals surface area contributed by atoms with Gasteiger partial charge in [0.2, 0.25) is 0 Å². The fraction of sp³-hybridized carbons (Fsp3) is 0.571. The highest BCUT2D eigenvalue weighted by atomic mass is 16.6. The summed E-state index contributed by atoms with van der Waals surface area (Å²) in [6, 6.07) is 3.09. The molecule has 0 spiro atoms. The molecule has 0 aliphatic carbocycles. The van der Waals surface area contributed by atoms with E-state index in [4.69, 9.17) is 10.5 Å². The van der Waals surface area contributed by atoms with Gasteiger partial charge in [-0.1, -0.05) is 0 Å². The number of aromatic nitrogens is 1. The maximum atomic E-state index is 11.4. The van der Waals surface area contributed by atoms with Gasteiger partial charge in [-0.15, -0.1) is 0 Å². The third-order valence-corrected chi connectivity index (χ3v) is 2.58. The highest BCUT2D eigenvalue weighted by Crippen LogP contribution is 2.18. The molecule has 0 saturated heterocycles. The quantitative estimate of drug-likeness (QED) is 0.643. The van der Waals surface area contributed by atoms with Crippen LogP contribution in [0, 0.1) is 0 Å². The number of nitrogens with one attached hydrogen (secondary N) is 1. The number of aliphatic hydroxyl groups excluding tert-OH is 2. The molecule has 1 aromatic heterocycles. The molecule has 7 heteroatoms. The Hall–Kier alpha value is -1.86. The van der Waals surface area contributed by atoms with Gasteiger partial charge in [0.1, 0.15) is 11.7 Å². The second-order valence-electron chi connectivity index (χ2n) is 5.74. The standard InChI is InChI=1S/C14H23N3O4/c1-14(2,3)21-13(20)17-7-5-11(18)12(19)10-8-9(15)4-6-16-10/h4,6,8,11-12,18-19H,5,7H2,1-3H3,(H2,15,16)(H,17,20). The van der Waals surface area contributed by atoms with Crippen LogP contribution in [0.4, 0.5) is 10.5 Å². The van der Waals surface area contributed by atoms with Gasteiger partial charge in [0, 0.05) is 18.4 Å². The molecule has 2 unspecified atom stereocenters. The van der Waals surface area contributed by atoms with Gasteiger partial charge in [0.05, 0.1) is 11.8 Å². The Balaban J connectivity index is 2.40. The molecule has 0 radical (unpaired) electrons. The Bertz CT molecular complexity index is 474. The number of carbonyl (C=O) groups excluding carboxylic acids is 1. The van der Waals surface area contributed by atoms with E-state index in [1.807, 2.05) is 0 Å². The van der Waals surface area contributed by atoms with Gasteiger partial charge in [0.25, 0.3) is 0 Å². The van der Waals surface area contributed by atoms with Gasteiger partial charge in [-0.05, 0) is 39.3 Å². The summed E-state index contributed by atoms with van der Waals surface area (Å²) < 4.78 is 5.06. The van der Waals surface area contributed by atoms with E-state index in [2.05, 4.69) is 10.3 Å². The summed E-state index contributed by atoms with van der Waals surface area (Å²) in [4.78, 5) is 15.4. The molecule has 5 N–H and O–H groups in total. The van der Waals surface area contributed by atoms with Crippen molar-refractivity contribution in [1.29, 1.82) is 0 Å². The van der Waals surface area contributed by atoms with Crippen LogP contribution in [0.2, 0.25) is 0 Å². The summed E-state index contributed by atoms with van der Waals surface area (Å²) in [5.74, 6) is 0. The number of alkyl carbamates (subject to hydrolysis) is 1. The smallest absolute Gasteiger partial charge is 0.407 e. The number of nitrogens with zero attached hydrogens (tertiary/aromatic N) is 1. The maximum Gasteiger partial charge on any atom is 0.407 e. The van der Waals surface area contributed by atoms with Gasteiger partial charge in [0.15, 0.2) is 0 Å². The van der Waals surface area contributed by atoms with Crippen LogP contribution in [0.3, 0.4) is 0 Å². The SMILES string of the molecule is CC(C)(C)OC(=O)NCCC(O)C(O)c1cc(N)ccn1. The summed E-state index contributed by atoms with van der Waals surface area (Å²) >= 11 is 0. The predicted molar refractivity (Wildman–Crippen MR) is 78.5 cm³/mol. The number of nitrogens with two attached hydrogens (primary N) is 1. The third kappa shape index (κ3) is 6.42. The first-order valence-electron chi connectivity index (χ1n) is 6.73. The number of pyridine rings is 1. The highest BCUT2D eigenvalue weighted by Gasteiger charge is 2.21. The van der Waals surface area contributed by atoms with E-state index in [-0.39, 0.29) is 13.0 Å². The van der Waals surface area contributed by atoms with Crippen molar-refractivity contribution >= 4 is 11.8 Å². The summed E-state index contributed by atoms with van der Waals surface area (Å²) in [5.41, 5.74) is 5.76. The van der Waals surface area contributed by atoms with E-state index in [0.717, 1.165) is 0 Å². The highest BCUT2D eigenvalue weighted by molar-refractivity contribution is 5.67. The van der Waals surface area contributed by atoms with Gasteiger partial charge in [-0.3, -0.25) is 4.98 Å². The lowest BCUT2D eigenvalue weighted by atomic mass is 10.1. The van der Waals surface area contributed by atoms with Crippen LogP contribution in [-0.4, -0.2) is 39.5 Å². The van der Waals surface area contributed by atoms with Crippen LogP contribution in [0.25, 0.3) is 0 Å². The zero-order chi connectivity index (χ0) is 16.0. The second kappa shape index (κ2) is 7.24. The minimum Gasteiger partial charge on any atom is -0.444 e. The van der Waals surface area contributed by atoms with Crippen molar-refractivity contribution < 1.29 is 19.7 Å². The van der Waals surface area contributed by atoms with Gasteiger partial charge < -0.3 is 26.0 Å². The summed E-state index contributed by atoms with van der Waals surface area (Å²) in [6.07, 6.45) is -1.16. The molecule has 1 rings (SSSR count). The Morgan fingerprint density at radius 3 is 2.71 bits per heavy atom. The van der Waals surface area contributed by atoms with E-state index in [1.165, 1.54) is 12.3 Å². The maximum absolute atomic E-state index is 11.4. The fourth-order valence-electron chi connectivity index (χ4n) is 1.62. The Morgan fingerprint density at radius 1 is 1.48 bits per heavy atom. The second-order valence-corrected chi connectivity index (χ2v) is 5.74. The number of aliphatic hydroxyl groups is 2. The first-order valence-corrected chi connectivity index (χ1v) is 6.73. The Kier molecular flexibility index (Phi) is 5.92. The van der Waals surface area contributed by atoms with E-state index in [9.17, 15) is 15.0 Å². The summed E-state index contributed by atoms with van der Waals surface area (Å²) in [5, 5.41) is 22.3. The fourth-order valence-corrected chi connectivity index (χ4v) is 1.62. The molecule has 2 atom stereocenters. The van der Waals surface area contributed by atoms with E-state index in [1.54, 1.807) is 26.8 Å². The van der Waals surface area contributed by atoms with Crippen LogP contribution in [0.5, 0.6) is 0 Å². The van der Waals surface area contributed by atoms with Crippen LogP contribution in [0.15, 0.2) is 18.3 Å². The zero-order valence-corrected chi connectivity index (χ0v) is 12.5. The first-order chi connectivity index (χ1) is 9.69. The van der Waals surface area contributed by atoms with Crippen molar-refractivity contribution in [1.82, 2.24) is 10.3 Å². The number of amides is 1. The van der Waals surface area contributed by atoms with Gasteiger partial charge in [-0.2, -0.15) is 0 Å². The van der Waals surface area contributed by atoms with Crippen LogP contribution in [0.1, 0.15) is 39.0 Å². The number of ether oxygens (including phenoxy) is 1. The first kappa shape index (κ1) is 17.2. The van der Waals surface area contributed by atoms with Crippen LogP contribution < -0.4 is 11.1 Å². The molecule has 0 aromatic carbocycles. The number of hydrogen-bond donors (Lipinski definition) is 4. The number of carbonyl (C=O) groups is 1. The number of rotatable bonds is 5. The minimum absolute atomic E-state index is 0.164. The molecule has 0 aliphatic rings. The number of nitrogen functional groups attached to an aromatic ring is 1. The largest absolute Gasteiger partial charge is 0.444 e. The predicted octanol–water partition coefficient (Wildman–Crippen LogP) is 0.973. The average molecular weight is 297 g/mol. The van der Waals surface area contributed by atoms with Crippen molar-refractivity contribution in [2.75, 3.05) is 12.3 Å². The zero-order valence-electron chi connectivity index (χ0n) is 12.5.